The number of hydrogen-bond acceptors (Lipinski definition) is 4. The van der Waals surface area contributed by atoms with Gasteiger partial charge in [0.15, 0.2) is 0 Å². The zero-order valence-corrected chi connectivity index (χ0v) is 16.3. The number of carbonyl (C=O) groups is 3. The molecule has 7 nitrogen and oxygen atoms in total. The molecule has 3 rings (SSSR count). The molecule has 2 aliphatic rings. The number of carboxylic acid groups (broad SMARTS) is 1. The number of nitrogens with zero attached hydrogens (tertiary/aromatic N) is 2. The van der Waals surface area contributed by atoms with E-state index in [4.69, 9.17) is 9.84 Å². The fourth-order valence-corrected chi connectivity index (χ4v) is 4.26. The number of aliphatic carboxylic acids is 1. The van der Waals surface area contributed by atoms with E-state index in [1.807, 2.05) is 24.3 Å². The van der Waals surface area contributed by atoms with Gasteiger partial charge in [0.05, 0.1) is 18.9 Å². The number of hydrogen-bond donors (Lipinski definition) is 1. The number of fused-ring (bicyclic) bond motifs is 1. The average molecular weight is 388 g/mol. The highest BCUT2D eigenvalue weighted by Gasteiger charge is 2.34. The van der Waals surface area contributed by atoms with Crippen molar-refractivity contribution < 1.29 is 24.2 Å². The summed E-state index contributed by atoms with van der Waals surface area (Å²) >= 11 is 0. The summed E-state index contributed by atoms with van der Waals surface area (Å²) in [6.45, 7) is 3.47. The molecule has 2 amide bonds. The van der Waals surface area contributed by atoms with Gasteiger partial charge in [-0.25, -0.2) is 0 Å². The Morgan fingerprint density at radius 3 is 2.61 bits per heavy atom. The van der Waals surface area contributed by atoms with Crippen LogP contribution >= 0.6 is 0 Å². The summed E-state index contributed by atoms with van der Waals surface area (Å²) in [5.41, 5.74) is 2.18. The van der Waals surface area contributed by atoms with Crippen molar-refractivity contribution in [2.75, 3.05) is 26.3 Å². The van der Waals surface area contributed by atoms with Gasteiger partial charge < -0.3 is 19.6 Å². The Hall–Kier alpha value is -2.41. The normalized spacial score (nSPS) is 19.8. The monoisotopic (exact) mass is 388 g/mol. The maximum Gasteiger partial charge on any atom is 0.305 e. The molecular formula is C21H28N2O5. The van der Waals surface area contributed by atoms with E-state index in [9.17, 15) is 14.4 Å². The SMILES string of the molecule is CC(=O)N1CCc2ccccc2[C@H]1CC(=O)N(CCC(=O)O)C1CCOCC1. The zero-order valence-electron chi connectivity index (χ0n) is 16.3. The van der Waals surface area contributed by atoms with Gasteiger partial charge in [0.25, 0.3) is 0 Å². The van der Waals surface area contributed by atoms with E-state index in [1.165, 1.54) is 12.5 Å². The number of rotatable bonds is 6. The molecule has 7 heteroatoms. The molecule has 1 fully saturated rings. The summed E-state index contributed by atoms with van der Waals surface area (Å²) in [5.74, 6) is -1.06. The van der Waals surface area contributed by atoms with Crippen molar-refractivity contribution in [3.63, 3.8) is 0 Å². The molecule has 0 unspecified atom stereocenters. The molecule has 0 saturated carbocycles. The van der Waals surface area contributed by atoms with Crippen molar-refractivity contribution in [2.45, 2.75) is 51.1 Å². The highest BCUT2D eigenvalue weighted by Crippen LogP contribution is 2.33. The molecule has 1 N–H and O–H groups in total. The number of amides is 2. The number of carbonyl (C=O) groups excluding carboxylic acids is 2. The van der Waals surface area contributed by atoms with Gasteiger partial charge in [-0.2, -0.15) is 0 Å². The van der Waals surface area contributed by atoms with Crippen molar-refractivity contribution >= 4 is 17.8 Å². The van der Waals surface area contributed by atoms with Gasteiger partial charge in [0.1, 0.15) is 0 Å². The van der Waals surface area contributed by atoms with Crippen molar-refractivity contribution in [1.82, 2.24) is 9.80 Å². The Balaban J connectivity index is 1.81. The molecule has 1 atom stereocenters. The first-order chi connectivity index (χ1) is 13.5. The van der Waals surface area contributed by atoms with Crippen LogP contribution in [0.15, 0.2) is 24.3 Å². The van der Waals surface area contributed by atoms with Gasteiger partial charge >= 0.3 is 5.97 Å². The molecule has 0 radical (unpaired) electrons. The van der Waals surface area contributed by atoms with E-state index >= 15 is 0 Å². The van der Waals surface area contributed by atoms with Gasteiger partial charge in [-0.05, 0) is 30.4 Å². The third-order valence-electron chi connectivity index (χ3n) is 5.70. The van der Waals surface area contributed by atoms with Crippen LogP contribution in [0, 0.1) is 0 Å². The first-order valence-corrected chi connectivity index (χ1v) is 9.91. The Morgan fingerprint density at radius 1 is 1.21 bits per heavy atom. The summed E-state index contributed by atoms with van der Waals surface area (Å²) < 4.78 is 5.39. The minimum atomic E-state index is -0.918. The Bertz CT molecular complexity index is 729. The van der Waals surface area contributed by atoms with E-state index in [1.54, 1.807) is 9.80 Å². The number of benzene rings is 1. The van der Waals surface area contributed by atoms with Crippen LogP contribution in [0.25, 0.3) is 0 Å². The third kappa shape index (κ3) is 4.70. The van der Waals surface area contributed by atoms with E-state index in [0.717, 1.165) is 12.0 Å². The average Bonchev–Trinajstić information content (AvgIpc) is 2.68. The van der Waals surface area contributed by atoms with Crippen LogP contribution in [0.5, 0.6) is 0 Å². The van der Waals surface area contributed by atoms with Crippen LogP contribution in [0.2, 0.25) is 0 Å². The van der Waals surface area contributed by atoms with Crippen molar-refractivity contribution in [3.8, 4) is 0 Å². The van der Waals surface area contributed by atoms with E-state index in [0.29, 0.717) is 32.6 Å². The van der Waals surface area contributed by atoms with Crippen LogP contribution in [-0.4, -0.2) is 65.0 Å². The third-order valence-corrected chi connectivity index (χ3v) is 5.70. The smallest absolute Gasteiger partial charge is 0.305 e. The first-order valence-electron chi connectivity index (χ1n) is 9.91. The molecule has 28 heavy (non-hydrogen) atoms. The standard InChI is InChI=1S/C21H28N2O5/c1-15(24)22-10-6-16-4-2-3-5-18(16)19(22)14-20(25)23(11-7-21(26)27)17-8-12-28-13-9-17/h2-5,17,19H,6-14H2,1H3,(H,26,27)/t19-/m1/s1. The maximum atomic E-state index is 13.3. The molecule has 2 heterocycles. The molecular weight excluding hydrogens is 360 g/mol. The van der Waals surface area contributed by atoms with Crippen LogP contribution in [0.4, 0.5) is 0 Å². The Morgan fingerprint density at radius 2 is 1.93 bits per heavy atom. The van der Waals surface area contributed by atoms with Crippen molar-refractivity contribution in [3.05, 3.63) is 35.4 Å². The Labute approximate surface area is 165 Å². The molecule has 0 spiro atoms. The molecule has 1 aromatic rings. The maximum absolute atomic E-state index is 13.3. The summed E-state index contributed by atoms with van der Waals surface area (Å²) in [7, 11) is 0. The second-order valence-corrected chi connectivity index (χ2v) is 7.46. The molecule has 152 valence electrons. The van der Waals surface area contributed by atoms with E-state index < -0.39 is 5.97 Å². The lowest BCUT2D eigenvalue weighted by molar-refractivity contribution is -0.141. The lowest BCUT2D eigenvalue weighted by Crippen LogP contribution is -2.47. The predicted octanol–water partition coefficient (Wildman–Crippen LogP) is 2.00. The Kier molecular flexibility index (Phi) is 6.67. The fraction of sp³-hybridized carbons (Fsp3) is 0.571. The van der Waals surface area contributed by atoms with Gasteiger partial charge in [-0.3, -0.25) is 14.4 Å². The van der Waals surface area contributed by atoms with Crippen molar-refractivity contribution in [1.29, 1.82) is 0 Å². The van der Waals surface area contributed by atoms with Gasteiger partial charge in [-0.1, -0.05) is 24.3 Å². The molecule has 2 aliphatic heterocycles. The summed E-state index contributed by atoms with van der Waals surface area (Å²) in [6, 6.07) is 7.62. The van der Waals surface area contributed by atoms with Crippen LogP contribution in [0.3, 0.4) is 0 Å². The van der Waals surface area contributed by atoms with Crippen LogP contribution in [0.1, 0.15) is 49.8 Å². The number of carboxylic acids is 1. The van der Waals surface area contributed by atoms with E-state index in [-0.39, 0.29) is 43.3 Å². The summed E-state index contributed by atoms with van der Waals surface area (Å²) in [4.78, 5) is 40.0. The van der Waals surface area contributed by atoms with Crippen molar-refractivity contribution in [2.24, 2.45) is 0 Å². The van der Waals surface area contributed by atoms with Gasteiger partial charge in [0, 0.05) is 39.3 Å². The lowest BCUT2D eigenvalue weighted by Gasteiger charge is -2.39. The highest BCUT2D eigenvalue weighted by molar-refractivity contribution is 5.80. The van der Waals surface area contributed by atoms with Crippen LogP contribution < -0.4 is 0 Å². The second kappa shape index (κ2) is 9.19. The lowest BCUT2D eigenvalue weighted by atomic mass is 9.90. The van der Waals surface area contributed by atoms with Gasteiger partial charge in [-0.15, -0.1) is 0 Å². The fourth-order valence-electron chi connectivity index (χ4n) is 4.26. The number of ether oxygens (including phenoxy) is 1. The van der Waals surface area contributed by atoms with E-state index in [2.05, 4.69) is 0 Å². The summed E-state index contributed by atoms with van der Waals surface area (Å²) in [5, 5.41) is 9.09. The quantitative estimate of drug-likeness (QED) is 0.805. The summed E-state index contributed by atoms with van der Waals surface area (Å²) in [6.07, 6.45) is 2.30. The second-order valence-electron chi connectivity index (χ2n) is 7.46. The topological polar surface area (TPSA) is 87.2 Å². The first kappa shape index (κ1) is 20.3. The zero-order chi connectivity index (χ0) is 20.1. The molecule has 0 aliphatic carbocycles. The molecule has 1 aromatic carbocycles. The van der Waals surface area contributed by atoms with Crippen LogP contribution in [-0.2, 0) is 25.5 Å². The molecule has 0 aromatic heterocycles. The largest absolute Gasteiger partial charge is 0.481 e. The molecule has 1 saturated heterocycles. The minimum Gasteiger partial charge on any atom is -0.481 e. The minimum absolute atomic E-state index is 0.00906. The van der Waals surface area contributed by atoms with Gasteiger partial charge in [0.2, 0.25) is 11.8 Å². The molecule has 0 bridgehead atoms. The highest BCUT2D eigenvalue weighted by atomic mass is 16.5. The predicted molar refractivity (Wildman–Crippen MR) is 103 cm³/mol.